The van der Waals surface area contributed by atoms with Crippen LogP contribution in [-0.4, -0.2) is 84.0 Å². The van der Waals surface area contributed by atoms with Crippen molar-refractivity contribution in [3.05, 3.63) is 75.5 Å². The van der Waals surface area contributed by atoms with E-state index >= 15 is 0 Å². The van der Waals surface area contributed by atoms with Gasteiger partial charge in [-0.1, -0.05) is 60.3 Å². The molecule has 0 unspecified atom stereocenters. The average Bonchev–Trinajstić information content (AvgIpc) is 3.40. The predicted molar refractivity (Wildman–Crippen MR) is 202 cm³/mol. The molecule has 1 saturated carbocycles. The molecule has 0 bridgehead atoms. The number of hydrogen-bond donors (Lipinski definition) is 3. The molecule has 3 heterocycles. The fourth-order valence-corrected chi connectivity index (χ4v) is 9.12. The Labute approximate surface area is 334 Å². The number of rotatable bonds is 5. The van der Waals surface area contributed by atoms with Crippen LogP contribution in [0.5, 0.6) is 0 Å². The number of amides is 5. The summed E-state index contributed by atoms with van der Waals surface area (Å²) in [4.78, 5) is 71.1. The maximum Gasteiger partial charge on any atom is 0.410 e. The number of carbonyl (C=O) groups excluding carboxylic acids is 5. The lowest BCUT2D eigenvalue weighted by molar-refractivity contribution is -0.141. The van der Waals surface area contributed by atoms with Crippen molar-refractivity contribution in [2.45, 2.75) is 113 Å². The second-order valence-electron chi connectivity index (χ2n) is 15.5. The molecule has 302 valence electrons. The highest BCUT2D eigenvalue weighted by Gasteiger charge is 2.62. The molecule has 18 heteroatoms. The van der Waals surface area contributed by atoms with Crippen molar-refractivity contribution in [1.29, 1.82) is 0 Å². The van der Waals surface area contributed by atoms with E-state index in [1.807, 2.05) is 6.08 Å². The molecule has 0 radical (unpaired) electrons. The Balaban J connectivity index is 1.27. The summed E-state index contributed by atoms with van der Waals surface area (Å²) < 4.78 is 54.5. The Morgan fingerprint density at radius 1 is 1.05 bits per heavy atom. The summed E-state index contributed by atoms with van der Waals surface area (Å²) in [5.41, 5.74) is -1.59. The minimum atomic E-state index is -4.53. The van der Waals surface area contributed by atoms with E-state index in [2.05, 4.69) is 15.4 Å². The van der Waals surface area contributed by atoms with E-state index in [4.69, 9.17) is 32.7 Å². The third-order valence-corrected chi connectivity index (χ3v) is 12.2. The normalized spacial score (nSPS) is 26.0. The van der Waals surface area contributed by atoms with Crippen molar-refractivity contribution >= 4 is 63.1 Å². The number of ether oxygens (including phenoxy) is 2. The third kappa shape index (κ3) is 9.24. The van der Waals surface area contributed by atoms with E-state index < -0.39 is 85.9 Å². The van der Waals surface area contributed by atoms with Gasteiger partial charge < -0.3 is 25.0 Å². The molecule has 0 spiro atoms. The summed E-state index contributed by atoms with van der Waals surface area (Å²) in [6.45, 7) is 4.87. The molecular weight excluding hydrogens is 792 g/mol. The number of sulfonamides is 1. The quantitative estimate of drug-likeness (QED) is 0.335. The van der Waals surface area contributed by atoms with Gasteiger partial charge in [0, 0.05) is 29.5 Å². The van der Waals surface area contributed by atoms with Gasteiger partial charge in [0.05, 0.1) is 18.1 Å². The number of halogens is 3. The Morgan fingerprint density at radius 3 is 2.54 bits per heavy atom. The van der Waals surface area contributed by atoms with Crippen LogP contribution >= 0.6 is 23.2 Å². The van der Waals surface area contributed by atoms with Crippen molar-refractivity contribution in [3.63, 3.8) is 0 Å². The van der Waals surface area contributed by atoms with Gasteiger partial charge in [0.15, 0.2) is 0 Å². The minimum Gasteiger partial charge on any atom is -0.444 e. The van der Waals surface area contributed by atoms with Gasteiger partial charge >= 0.3 is 12.2 Å². The summed E-state index contributed by atoms with van der Waals surface area (Å²) in [5.74, 6) is -3.49. The Bertz CT molecular complexity index is 2060. The standard InChI is InChI=1S/C38H44Cl2FN5O9S/c1-37(2,3)55-35(50)42-29-13-8-6-4-5-7-11-23-18-38(23,34(49)44-56(52,53)31-15-14-24(39)16-27(31)40)43-32(47)30-17-25(20-46(30)33(29)48)54-36(51)45-19-22-10-9-12-28(41)26(22)21-45/h7,9-12,14-16,23,25,29-30H,4-6,8,13,17-21H2,1-3H3,(H,42,50)(H,43,47)(H,44,49)/b11-7-/t23-,25+,29-,30-,38+/m0/s1. The Kier molecular flexibility index (Phi) is 11.9. The van der Waals surface area contributed by atoms with Crippen LogP contribution in [0, 0.1) is 11.7 Å². The number of fused-ring (bicyclic) bond motifs is 3. The van der Waals surface area contributed by atoms with Gasteiger partial charge in [0.2, 0.25) is 11.8 Å². The molecule has 5 amide bonds. The molecule has 2 fully saturated rings. The second kappa shape index (κ2) is 16.2. The summed E-state index contributed by atoms with van der Waals surface area (Å²) in [5, 5.41) is 5.36. The fraction of sp³-hybridized carbons (Fsp3) is 0.500. The van der Waals surface area contributed by atoms with Crippen molar-refractivity contribution in [3.8, 4) is 0 Å². The third-order valence-electron chi connectivity index (χ3n) is 10.2. The highest BCUT2D eigenvalue weighted by molar-refractivity contribution is 7.90. The molecule has 0 aromatic heterocycles. The monoisotopic (exact) mass is 835 g/mol. The van der Waals surface area contributed by atoms with Crippen molar-refractivity contribution in [2.75, 3.05) is 6.54 Å². The van der Waals surface area contributed by atoms with Crippen LogP contribution in [-0.2, 0) is 47.0 Å². The first-order valence-corrected chi connectivity index (χ1v) is 20.6. The van der Waals surface area contributed by atoms with Crippen LogP contribution in [0.15, 0.2) is 53.4 Å². The average molecular weight is 837 g/mol. The first kappa shape index (κ1) is 41.2. The van der Waals surface area contributed by atoms with E-state index in [0.29, 0.717) is 36.8 Å². The van der Waals surface area contributed by atoms with Crippen LogP contribution in [0.25, 0.3) is 0 Å². The number of nitrogens with zero attached hydrogens (tertiary/aromatic N) is 2. The first-order chi connectivity index (χ1) is 26.4. The molecular formula is C38H44Cl2FN5O9S. The van der Waals surface area contributed by atoms with E-state index in [1.54, 1.807) is 39.0 Å². The van der Waals surface area contributed by atoms with Gasteiger partial charge in [-0.25, -0.2) is 27.1 Å². The first-order valence-electron chi connectivity index (χ1n) is 18.4. The zero-order chi connectivity index (χ0) is 40.6. The predicted octanol–water partition coefficient (Wildman–Crippen LogP) is 5.35. The lowest BCUT2D eigenvalue weighted by atomic mass is 10.0. The number of hydrogen-bond acceptors (Lipinski definition) is 9. The van der Waals surface area contributed by atoms with Crippen LogP contribution < -0.4 is 15.4 Å². The molecule has 1 aliphatic carbocycles. The molecule has 56 heavy (non-hydrogen) atoms. The van der Waals surface area contributed by atoms with Gasteiger partial charge in [0.1, 0.15) is 40.0 Å². The van der Waals surface area contributed by atoms with Crippen molar-refractivity contribution in [1.82, 2.24) is 25.2 Å². The van der Waals surface area contributed by atoms with Crippen molar-refractivity contribution < 1.29 is 46.3 Å². The zero-order valence-corrected chi connectivity index (χ0v) is 33.4. The fourth-order valence-electron chi connectivity index (χ4n) is 7.30. The molecule has 3 N–H and O–H groups in total. The maximum absolute atomic E-state index is 14.5. The van der Waals surface area contributed by atoms with Gasteiger partial charge in [-0.05, 0) is 76.3 Å². The summed E-state index contributed by atoms with van der Waals surface area (Å²) >= 11 is 12.1. The number of benzene rings is 2. The van der Waals surface area contributed by atoms with Gasteiger partial charge in [0.25, 0.3) is 15.9 Å². The number of carbonyl (C=O) groups is 5. The van der Waals surface area contributed by atoms with Gasteiger partial charge in [-0.15, -0.1) is 0 Å². The van der Waals surface area contributed by atoms with Crippen LogP contribution in [0.1, 0.15) is 76.8 Å². The van der Waals surface area contributed by atoms with Crippen LogP contribution in [0.4, 0.5) is 14.0 Å². The van der Waals surface area contributed by atoms with Crippen LogP contribution in [0.3, 0.4) is 0 Å². The topological polar surface area (TPSA) is 181 Å². The number of alkyl carbamates (subject to hydrolysis) is 1. The Hall–Kier alpha value is -4.41. The highest BCUT2D eigenvalue weighted by Crippen LogP contribution is 2.46. The highest BCUT2D eigenvalue weighted by atomic mass is 35.5. The molecule has 5 atom stereocenters. The molecule has 1 saturated heterocycles. The molecule has 3 aliphatic heterocycles. The van der Waals surface area contributed by atoms with Crippen molar-refractivity contribution in [2.24, 2.45) is 5.92 Å². The summed E-state index contributed by atoms with van der Waals surface area (Å²) in [6, 6.07) is 5.81. The van der Waals surface area contributed by atoms with E-state index in [0.717, 1.165) is 6.07 Å². The Morgan fingerprint density at radius 2 is 1.82 bits per heavy atom. The molecule has 2 aromatic rings. The largest absolute Gasteiger partial charge is 0.444 e. The zero-order valence-electron chi connectivity index (χ0n) is 31.1. The van der Waals surface area contributed by atoms with E-state index in [9.17, 15) is 36.8 Å². The summed E-state index contributed by atoms with van der Waals surface area (Å²) in [7, 11) is -4.53. The van der Waals surface area contributed by atoms with Gasteiger partial charge in [-0.3, -0.25) is 19.3 Å². The van der Waals surface area contributed by atoms with Crippen LogP contribution in [0.2, 0.25) is 10.0 Å². The minimum absolute atomic E-state index is 0.0291. The maximum atomic E-state index is 14.5. The molecule has 2 aromatic carbocycles. The second-order valence-corrected chi connectivity index (χ2v) is 18.0. The SMILES string of the molecule is CC(C)(C)OC(=O)N[C@H]1CCCCC/C=C\[C@H]2C[C@@]2(C(=O)NS(=O)(=O)c2ccc(Cl)cc2Cl)NC(=O)[C@@H]2C[C@@H](OC(=O)N3Cc4cccc(F)c4C3)CN2C1=O. The smallest absolute Gasteiger partial charge is 0.410 e. The van der Waals surface area contributed by atoms with E-state index in [-0.39, 0.29) is 48.9 Å². The van der Waals surface area contributed by atoms with E-state index in [1.165, 1.54) is 28.0 Å². The number of allylic oxidation sites excluding steroid dienone is 1. The molecule has 6 rings (SSSR count). The lowest BCUT2D eigenvalue weighted by Crippen LogP contribution is -2.58. The number of nitrogens with one attached hydrogen (secondary N) is 3. The molecule has 14 nitrogen and oxygen atoms in total. The van der Waals surface area contributed by atoms with Gasteiger partial charge in [-0.2, -0.15) is 0 Å². The summed E-state index contributed by atoms with van der Waals surface area (Å²) in [6.07, 6.45) is 3.61. The molecule has 4 aliphatic rings. The lowest BCUT2D eigenvalue weighted by Gasteiger charge is -2.30.